The van der Waals surface area contributed by atoms with Gasteiger partial charge in [-0.1, -0.05) is 50.2 Å². The van der Waals surface area contributed by atoms with E-state index in [1.54, 1.807) is 0 Å². The first-order chi connectivity index (χ1) is 9.85. The molecule has 2 aromatic rings. The summed E-state index contributed by atoms with van der Waals surface area (Å²) in [7, 11) is 0. The molecule has 0 atom stereocenters. The van der Waals surface area contributed by atoms with Crippen molar-refractivity contribution in [2.24, 2.45) is 0 Å². The smallest absolute Gasteiger partial charge is 0.0411 e. The quantitative estimate of drug-likeness (QED) is 0.743. The molecule has 0 radical (unpaired) electrons. The Morgan fingerprint density at radius 2 is 1.10 bits per heavy atom. The molecule has 0 heterocycles. The first-order valence-electron chi connectivity index (χ1n) is 7.45. The number of likely N-dealkylation sites (N-methyl/N-ethyl adjacent to an activating group) is 1. The summed E-state index contributed by atoms with van der Waals surface area (Å²) in [6, 6.07) is 21.2. The molecule has 0 aliphatic heterocycles. The average Bonchev–Trinajstić information content (AvgIpc) is 2.53. The van der Waals surface area contributed by atoms with E-state index >= 15 is 0 Å². The minimum Gasteiger partial charge on any atom is -0.340 e. The van der Waals surface area contributed by atoms with Crippen molar-refractivity contribution in [1.29, 1.82) is 0 Å². The van der Waals surface area contributed by atoms with Gasteiger partial charge in [0, 0.05) is 24.5 Å². The van der Waals surface area contributed by atoms with Gasteiger partial charge in [0.2, 0.25) is 0 Å². The maximum absolute atomic E-state index is 2.46. The summed E-state index contributed by atoms with van der Waals surface area (Å²) in [4.78, 5) is 4.84. The molecule has 106 valence electrons. The summed E-state index contributed by atoms with van der Waals surface area (Å²) >= 11 is 0. The lowest BCUT2D eigenvalue weighted by atomic mass is 10.2. The summed E-state index contributed by atoms with van der Waals surface area (Å²) in [5, 5.41) is 0. The van der Waals surface area contributed by atoms with Gasteiger partial charge in [-0.05, 0) is 37.4 Å². The summed E-state index contributed by atoms with van der Waals surface area (Å²) in [6.07, 6.45) is 0. The van der Waals surface area contributed by atoms with E-state index in [4.69, 9.17) is 0 Å². The average molecular weight is 268 g/mol. The number of rotatable bonds is 7. The van der Waals surface area contributed by atoms with Gasteiger partial charge in [0.25, 0.3) is 0 Å². The first kappa shape index (κ1) is 14.6. The zero-order chi connectivity index (χ0) is 14.2. The maximum Gasteiger partial charge on any atom is 0.0411 e. The second-order valence-corrected chi connectivity index (χ2v) is 4.85. The largest absolute Gasteiger partial charge is 0.340 e. The van der Waals surface area contributed by atoms with Gasteiger partial charge in [0.15, 0.2) is 0 Å². The van der Waals surface area contributed by atoms with E-state index in [2.05, 4.69) is 84.3 Å². The minimum atomic E-state index is 1.01. The Bertz CT molecular complexity index is 438. The highest BCUT2D eigenvalue weighted by Gasteiger charge is 2.09. The molecule has 2 heteroatoms. The van der Waals surface area contributed by atoms with Gasteiger partial charge in [-0.2, -0.15) is 0 Å². The van der Waals surface area contributed by atoms with Gasteiger partial charge >= 0.3 is 0 Å². The lowest BCUT2D eigenvalue weighted by molar-refractivity contribution is 0.312. The maximum atomic E-state index is 2.46. The molecule has 20 heavy (non-hydrogen) atoms. The third-order valence-corrected chi connectivity index (χ3v) is 3.67. The molecule has 0 saturated carbocycles. The molecule has 0 aliphatic carbocycles. The zero-order valence-electron chi connectivity index (χ0n) is 12.5. The van der Waals surface area contributed by atoms with Crippen molar-refractivity contribution in [3.05, 3.63) is 60.7 Å². The number of para-hydroxylation sites is 2. The summed E-state index contributed by atoms with van der Waals surface area (Å²) in [5.41, 5.74) is 2.51. The van der Waals surface area contributed by atoms with Crippen LogP contribution >= 0.6 is 0 Å². The number of nitrogens with zero attached hydrogens (tertiary/aromatic N) is 2. The molecule has 0 spiro atoms. The second-order valence-electron chi connectivity index (χ2n) is 4.85. The lowest BCUT2D eigenvalue weighted by Crippen LogP contribution is -2.32. The molecule has 0 fully saturated rings. The van der Waals surface area contributed by atoms with Gasteiger partial charge in [0.1, 0.15) is 0 Å². The third kappa shape index (κ3) is 3.84. The van der Waals surface area contributed by atoms with Crippen molar-refractivity contribution in [1.82, 2.24) is 4.90 Å². The summed E-state index contributed by atoms with van der Waals surface area (Å²) in [5.74, 6) is 0. The summed E-state index contributed by atoms with van der Waals surface area (Å²) in [6.45, 7) is 8.74. The second kappa shape index (κ2) is 7.71. The van der Waals surface area contributed by atoms with E-state index in [9.17, 15) is 0 Å². The van der Waals surface area contributed by atoms with Gasteiger partial charge in [-0.3, -0.25) is 0 Å². The molecule has 0 aliphatic rings. The van der Waals surface area contributed by atoms with Crippen molar-refractivity contribution < 1.29 is 0 Å². The Morgan fingerprint density at radius 1 is 0.650 bits per heavy atom. The highest BCUT2D eigenvalue weighted by atomic mass is 15.2. The van der Waals surface area contributed by atoms with Crippen LogP contribution in [0.3, 0.4) is 0 Å². The number of hydrogen-bond donors (Lipinski definition) is 0. The normalized spacial score (nSPS) is 10.8. The Labute approximate surface area is 122 Å². The molecule has 0 saturated heterocycles. The van der Waals surface area contributed by atoms with Crippen molar-refractivity contribution in [2.75, 3.05) is 31.1 Å². The molecule has 0 unspecified atom stereocenters. The van der Waals surface area contributed by atoms with E-state index in [1.165, 1.54) is 11.4 Å². The van der Waals surface area contributed by atoms with Crippen LogP contribution in [0.2, 0.25) is 0 Å². The van der Waals surface area contributed by atoms with E-state index in [-0.39, 0.29) is 0 Å². The van der Waals surface area contributed by atoms with Gasteiger partial charge in [-0.25, -0.2) is 0 Å². The molecule has 0 bridgehead atoms. The Balaban J connectivity index is 2.17. The van der Waals surface area contributed by atoms with Crippen LogP contribution in [0.5, 0.6) is 0 Å². The predicted molar refractivity (Wildman–Crippen MR) is 87.7 cm³/mol. The van der Waals surface area contributed by atoms with Crippen LogP contribution in [0.25, 0.3) is 0 Å². The van der Waals surface area contributed by atoms with E-state index in [0.717, 1.165) is 26.2 Å². The van der Waals surface area contributed by atoms with Gasteiger partial charge < -0.3 is 9.80 Å². The molecule has 0 N–H and O–H groups in total. The van der Waals surface area contributed by atoms with Crippen LogP contribution in [-0.4, -0.2) is 31.1 Å². The highest BCUT2D eigenvalue weighted by molar-refractivity contribution is 5.62. The third-order valence-electron chi connectivity index (χ3n) is 3.67. The Kier molecular flexibility index (Phi) is 5.63. The van der Waals surface area contributed by atoms with E-state index < -0.39 is 0 Å². The fourth-order valence-corrected chi connectivity index (χ4v) is 2.40. The lowest BCUT2D eigenvalue weighted by Gasteiger charge is -2.28. The molecule has 2 nitrogen and oxygen atoms in total. The number of anilines is 2. The number of hydrogen-bond acceptors (Lipinski definition) is 2. The molecule has 2 rings (SSSR count). The first-order valence-corrected chi connectivity index (χ1v) is 7.45. The fraction of sp³-hybridized carbons (Fsp3) is 0.333. The predicted octanol–water partition coefficient (Wildman–Crippen LogP) is 4.17. The fourth-order valence-electron chi connectivity index (χ4n) is 2.40. The van der Waals surface area contributed by atoms with Crippen LogP contribution in [0.4, 0.5) is 11.4 Å². The van der Waals surface area contributed by atoms with Crippen molar-refractivity contribution in [3.63, 3.8) is 0 Å². The van der Waals surface area contributed by atoms with Crippen molar-refractivity contribution >= 4 is 11.4 Å². The van der Waals surface area contributed by atoms with E-state index in [1.807, 2.05) is 0 Å². The van der Waals surface area contributed by atoms with Crippen LogP contribution in [0.1, 0.15) is 13.8 Å². The standard InChI is InChI=1S/C18H24N2/c1-3-19(4-2)15-16-20(17-11-7-5-8-12-17)18-13-9-6-10-14-18/h5-14H,3-4,15-16H2,1-2H3. The molecular formula is C18H24N2. The Hall–Kier alpha value is -1.80. The topological polar surface area (TPSA) is 6.48 Å². The van der Waals surface area contributed by atoms with Crippen LogP contribution in [-0.2, 0) is 0 Å². The minimum absolute atomic E-state index is 1.01. The van der Waals surface area contributed by atoms with Crippen LogP contribution < -0.4 is 4.90 Å². The van der Waals surface area contributed by atoms with Gasteiger partial charge in [0.05, 0.1) is 0 Å². The van der Waals surface area contributed by atoms with Crippen molar-refractivity contribution in [3.8, 4) is 0 Å². The Morgan fingerprint density at radius 3 is 1.50 bits per heavy atom. The monoisotopic (exact) mass is 268 g/mol. The SMILES string of the molecule is CCN(CC)CCN(c1ccccc1)c1ccccc1. The zero-order valence-corrected chi connectivity index (χ0v) is 12.5. The molecule has 0 aromatic heterocycles. The van der Waals surface area contributed by atoms with Crippen LogP contribution in [0.15, 0.2) is 60.7 Å². The summed E-state index contributed by atoms with van der Waals surface area (Å²) < 4.78 is 0. The van der Waals surface area contributed by atoms with Gasteiger partial charge in [-0.15, -0.1) is 0 Å². The van der Waals surface area contributed by atoms with E-state index in [0.29, 0.717) is 0 Å². The van der Waals surface area contributed by atoms with Crippen LogP contribution in [0, 0.1) is 0 Å². The molecule has 2 aromatic carbocycles. The molecular weight excluding hydrogens is 244 g/mol. The number of benzene rings is 2. The molecule has 0 amide bonds. The highest BCUT2D eigenvalue weighted by Crippen LogP contribution is 2.24. The van der Waals surface area contributed by atoms with Crippen molar-refractivity contribution in [2.45, 2.75) is 13.8 Å².